The van der Waals surface area contributed by atoms with Crippen LogP contribution in [0.1, 0.15) is 0 Å². The zero-order chi connectivity index (χ0) is 14.4. The molecule has 12 nitrogen and oxygen atoms in total. The summed E-state index contributed by atoms with van der Waals surface area (Å²) in [6.07, 6.45) is 0. The van der Waals surface area contributed by atoms with Gasteiger partial charge in [0.25, 0.3) is 15.5 Å². The fourth-order valence-electron chi connectivity index (χ4n) is 0.667. The van der Waals surface area contributed by atoms with E-state index in [1.165, 1.54) is 0 Å². The van der Waals surface area contributed by atoms with Crippen LogP contribution in [-0.2, 0) is 30.4 Å². The van der Waals surface area contributed by atoms with E-state index in [-0.39, 0.29) is 88.7 Å². The maximum absolute atomic E-state index is 10.6. The van der Waals surface area contributed by atoms with Gasteiger partial charge in [0.1, 0.15) is 0 Å². The summed E-state index contributed by atoms with van der Waals surface area (Å²) in [4.78, 5) is 7.85. The first-order chi connectivity index (χ1) is 7.82. The van der Waals surface area contributed by atoms with Gasteiger partial charge in [-0.3, -0.25) is 13.7 Å². The van der Waals surface area contributed by atoms with Crippen molar-refractivity contribution < 1.29 is 38.9 Å². The van der Waals surface area contributed by atoms with E-state index in [2.05, 4.69) is 15.0 Å². The molecule has 0 aliphatic heterocycles. The van der Waals surface area contributed by atoms with E-state index in [9.17, 15) is 25.3 Å². The number of rotatable bonds is 3. The van der Waals surface area contributed by atoms with Gasteiger partial charge in [0, 0.05) is 88.7 Å². The first kappa shape index (κ1) is 27.6. The van der Waals surface area contributed by atoms with Crippen LogP contribution in [0.3, 0.4) is 0 Å². The molecule has 0 aliphatic carbocycles. The number of hydrogen-bond donors (Lipinski definition) is 3. The standard InChI is InChI=1S/C3H3N3O9S3.3Na/c7-16(8,9)1-4-2(17(10,11)12)6-3(5-1)18(13,14)15;;;/h(H,7,8,9)(H,10,11,12)(H,13,14,15);;;. The Hall–Kier alpha value is 1.74. The maximum atomic E-state index is 10.6. The number of aromatic nitrogens is 3. The zero-order valence-corrected chi connectivity index (χ0v) is 19.3. The minimum atomic E-state index is -5.18. The molecule has 3 radical (unpaired) electrons. The second-order valence-corrected chi connectivity index (χ2v) is 6.55. The van der Waals surface area contributed by atoms with Crippen molar-refractivity contribution in [1.29, 1.82) is 0 Å². The molecule has 105 valence electrons. The summed E-state index contributed by atoms with van der Waals surface area (Å²) in [5.74, 6) is 0. The van der Waals surface area contributed by atoms with Gasteiger partial charge in [0.2, 0.25) is 0 Å². The van der Waals surface area contributed by atoms with E-state index in [1.807, 2.05) is 0 Å². The van der Waals surface area contributed by atoms with Crippen molar-refractivity contribution in [2.75, 3.05) is 0 Å². The predicted molar refractivity (Wildman–Crippen MR) is 66.5 cm³/mol. The molecular weight excluding hydrogens is 387 g/mol. The van der Waals surface area contributed by atoms with Crippen LogP contribution in [0.15, 0.2) is 15.5 Å². The van der Waals surface area contributed by atoms with Crippen molar-refractivity contribution >= 4 is 119 Å². The van der Waals surface area contributed by atoms with Crippen LogP contribution in [0.5, 0.6) is 0 Å². The molecule has 1 rings (SSSR count). The van der Waals surface area contributed by atoms with E-state index in [4.69, 9.17) is 13.7 Å². The number of hydrogen-bond acceptors (Lipinski definition) is 9. The van der Waals surface area contributed by atoms with Crippen LogP contribution in [0.4, 0.5) is 0 Å². The third-order valence-electron chi connectivity index (χ3n) is 1.27. The van der Waals surface area contributed by atoms with E-state index in [0.717, 1.165) is 0 Å². The summed E-state index contributed by atoms with van der Waals surface area (Å²) in [7, 11) is -15.5. The monoisotopic (exact) mass is 390 g/mol. The van der Waals surface area contributed by atoms with Gasteiger partial charge in [0.15, 0.2) is 0 Å². The van der Waals surface area contributed by atoms with Crippen molar-refractivity contribution in [3.8, 4) is 0 Å². The van der Waals surface area contributed by atoms with Gasteiger partial charge in [-0.25, -0.2) is 0 Å². The van der Waals surface area contributed by atoms with Crippen molar-refractivity contribution in [2.24, 2.45) is 0 Å². The first-order valence-electron chi connectivity index (χ1n) is 3.50. The molecule has 1 aromatic heterocycles. The van der Waals surface area contributed by atoms with E-state index >= 15 is 0 Å². The Labute approximate surface area is 185 Å². The normalized spacial score (nSPS) is 11.6. The van der Waals surface area contributed by atoms with Gasteiger partial charge in [0.05, 0.1) is 0 Å². The summed E-state index contributed by atoms with van der Waals surface area (Å²) in [5, 5.41) is -5.01. The van der Waals surface area contributed by atoms with Gasteiger partial charge in [-0.1, -0.05) is 0 Å². The average Bonchev–Trinajstić information content (AvgIpc) is 2.13. The van der Waals surface area contributed by atoms with E-state index in [0.29, 0.717) is 0 Å². The molecule has 0 amide bonds. The van der Waals surface area contributed by atoms with Crippen molar-refractivity contribution in [3.63, 3.8) is 0 Å². The molecular formula is C3H3N3Na3O9S3. The Kier molecular flexibility index (Phi) is 12.2. The Morgan fingerprint density at radius 3 is 0.762 bits per heavy atom. The molecule has 0 saturated heterocycles. The van der Waals surface area contributed by atoms with Crippen LogP contribution >= 0.6 is 0 Å². The quantitative estimate of drug-likeness (QED) is 0.339. The Bertz CT molecular complexity index is 681. The molecule has 0 bridgehead atoms. The van der Waals surface area contributed by atoms with E-state index in [1.54, 1.807) is 0 Å². The summed E-state index contributed by atoms with van der Waals surface area (Å²) < 4.78 is 89.5. The fraction of sp³-hybridized carbons (Fsp3) is 0. The van der Waals surface area contributed by atoms with Gasteiger partial charge < -0.3 is 0 Å². The molecule has 0 fully saturated rings. The summed E-state index contributed by atoms with van der Waals surface area (Å²) in [6, 6.07) is 0. The number of nitrogens with zero attached hydrogens (tertiary/aromatic N) is 3. The Morgan fingerprint density at radius 1 is 0.524 bits per heavy atom. The van der Waals surface area contributed by atoms with Crippen molar-refractivity contribution in [3.05, 3.63) is 0 Å². The minimum absolute atomic E-state index is 0. The molecule has 1 aromatic rings. The molecule has 0 saturated carbocycles. The molecule has 0 spiro atoms. The van der Waals surface area contributed by atoms with Crippen molar-refractivity contribution in [1.82, 2.24) is 15.0 Å². The molecule has 21 heavy (non-hydrogen) atoms. The van der Waals surface area contributed by atoms with Gasteiger partial charge in [-0.15, -0.1) is 0 Å². The third kappa shape index (κ3) is 8.41. The van der Waals surface area contributed by atoms with Crippen LogP contribution in [0.2, 0.25) is 0 Å². The largest absolute Gasteiger partial charge is 0.330 e. The Morgan fingerprint density at radius 2 is 0.667 bits per heavy atom. The Balaban J connectivity index is -0.00000108. The summed E-state index contributed by atoms with van der Waals surface area (Å²) >= 11 is 0. The van der Waals surface area contributed by atoms with E-state index < -0.39 is 45.8 Å². The molecule has 3 N–H and O–H groups in total. The predicted octanol–water partition coefficient (Wildman–Crippen LogP) is -3.53. The summed E-state index contributed by atoms with van der Waals surface area (Å²) in [6.45, 7) is 0. The molecule has 0 atom stereocenters. The third-order valence-corrected chi connectivity index (χ3v) is 3.20. The van der Waals surface area contributed by atoms with Gasteiger partial charge in [-0.2, -0.15) is 40.2 Å². The second kappa shape index (κ2) is 9.28. The zero-order valence-electron chi connectivity index (χ0n) is 10.9. The molecule has 0 aromatic carbocycles. The average molecular weight is 390 g/mol. The minimum Gasteiger partial charge on any atom is -0.279 e. The topological polar surface area (TPSA) is 202 Å². The first-order valence-corrected chi connectivity index (χ1v) is 7.82. The van der Waals surface area contributed by atoms with Crippen LogP contribution < -0.4 is 0 Å². The SMILES string of the molecule is O=S(=O)(O)c1nc(S(=O)(=O)O)nc(S(=O)(=O)O)n1.[Na].[Na].[Na]. The smallest absolute Gasteiger partial charge is 0.279 e. The fourth-order valence-corrected chi connectivity index (χ4v) is 2.05. The van der Waals surface area contributed by atoms with Gasteiger partial charge >= 0.3 is 30.4 Å². The molecule has 0 aliphatic rings. The summed E-state index contributed by atoms with van der Waals surface area (Å²) in [5.41, 5.74) is 0. The van der Waals surface area contributed by atoms with Crippen molar-refractivity contribution in [2.45, 2.75) is 15.5 Å². The molecule has 0 unspecified atom stereocenters. The van der Waals surface area contributed by atoms with Crippen LogP contribution in [0, 0.1) is 0 Å². The maximum Gasteiger partial charge on any atom is 0.330 e. The second-order valence-electron chi connectivity index (χ2n) is 2.61. The molecule has 1 heterocycles. The van der Waals surface area contributed by atoms with Crippen LogP contribution in [0.25, 0.3) is 0 Å². The van der Waals surface area contributed by atoms with Gasteiger partial charge in [-0.05, 0) is 0 Å². The molecule has 18 heteroatoms. The van der Waals surface area contributed by atoms with Crippen LogP contribution in [-0.4, -0.2) is 143 Å².